The van der Waals surface area contributed by atoms with Gasteiger partial charge in [0.25, 0.3) is 5.91 Å². The number of ketones is 1. The van der Waals surface area contributed by atoms with Crippen LogP contribution < -0.4 is 10.6 Å². The number of aromatic nitrogens is 3. The maximum Gasteiger partial charge on any atom is 0.258 e. The van der Waals surface area contributed by atoms with E-state index in [-0.39, 0.29) is 11.7 Å². The number of benzene rings is 1. The number of rotatable bonds is 6. The second kappa shape index (κ2) is 7.98. The molecule has 2 heterocycles. The van der Waals surface area contributed by atoms with Crippen molar-refractivity contribution in [2.45, 2.75) is 13.5 Å². The van der Waals surface area contributed by atoms with Gasteiger partial charge in [-0.15, -0.1) is 0 Å². The number of hydrogen-bond acceptors (Lipinski definition) is 6. The van der Waals surface area contributed by atoms with Crippen LogP contribution in [-0.2, 0) is 6.54 Å². The molecule has 3 rings (SSSR count). The Morgan fingerprint density at radius 1 is 1.00 bits per heavy atom. The van der Waals surface area contributed by atoms with Crippen LogP contribution in [0.1, 0.15) is 33.2 Å². The zero-order valence-electron chi connectivity index (χ0n) is 14.1. The predicted octanol–water partition coefficient (Wildman–Crippen LogP) is 2.94. The first-order valence-corrected chi connectivity index (χ1v) is 7.99. The Balaban J connectivity index is 1.61. The van der Waals surface area contributed by atoms with E-state index in [0.29, 0.717) is 29.3 Å². The third-order valence-corrected chi connectivity index (χ3v) is 3.61. The SMILES string of the molecule is CC(=O)c1cccc(NC(=O)c2cnc(NCc3cccnc3)nc2)c1. The van der Waals surface area contributed by atoms with Crippen LogP contribution in [0.2, 0.25) is 0 Å². The third kappa shape index (κ3) is 4.47. The van der Waals surface area contributed by atoms with E-state index in [1.54, 1.807) is 36.7 Å². The minimum absolute atomic E-state index is 0.0616. The Labute approximate surface area is 150 Å². The van der Waals surface area contributed by atoms with E-state index in [2.05, 4.69) is 25.6 Å². The second-order valence-electron chi connectivity index (χ2n) is 5.60. The number of hydrogen-bond donors (Lipinski definition) is 2. The van der Waals surface area contributed by atoms with Gasteiger partial charge in [-0.05, 0) is 30.7 Å². The van der Waals surface area contributed by atoms with Crippen LogP contribution in [0.25, 0.3) is 0 Å². The van der Waals surface area contributed by atoms with Gasteiger partial charge in [-0.3, -0.25) is 14.6 Å². The number of Topliss-reactive ketones (excluding diaryl/α,β-unsaturated/α-hetero) is 1. The van der Waals surface area contributed by atoms with Gasteiger partial charge in [-0.2, -0.15) is 0 Å². The summed E-state index contributed by atoms with van der Waals surface area (Å²) in [6.45, 7) is 2.02. The van der Waals surface area contributed by atoms with E-state index < -0.39 is 0 Å². The van der Waals surface area contributed by atoms with Crippen molar-refractivity contribution in [2.24, 2.45) is 0 Å². The Kier molecular flexibility index (Phi) is 5.28. The fourth-order valence-electron chi connectivity index (χ4n) is 2.24. The Hall–Kier alpha value is -3.61. The number of anilines is 2. The molecule has 26 heavy (non-hydrogen) atoms. The van der Waals surface area contributed by atoms with Gasteiger partial charge in [-0.25, -0.2) is 9.97 Å². The van der Waals surface area contributed by atoms with E-state index in [4.69, 9.17) is 0 Å². The van der Waals surface area contributed by atoms with Crippen LogP contribution >= 0.6 is 0 Å². The molecule has 3 aromatic rings. The fourth-order valence-corrected chi connectivity index (χ4v) is 2.24. The molecule has 0 radical (unpaired) electrons. The lowest BCUT2D eigenvalue weighted by atomic mass is 10.1. The number of amides is 1. The summed E-state index contributed by atoms with van der Waals surface area (Å²) in [6.07, 6.45) is 6.36. The van der Waals surface area contributed by atoms with Crippen molar-refractivity contribution in [3.63, 3.8) is 0 Å². The van der Waals surface area contributed by atoms with Crippen molar-refractivity contribution < 1.29 is 9.59 Å². The van der Waals surface area contributed by atoms with Gasteiger partial charge >= 0.3 is 0 Å². The van der Waals surface area contributed by atoms with Crippen LogP contribution in [0.3, 0.4) is 0 Å². The average molecular weight is 347 g/mol. The first-order chi connectivity index (χ1) is 12.6. The average Bonchev–Trinajstić information content (AvgIpc) is 2.68. The molecule has 1 aromatic carbocycles. The standard InChI is InChI=1S/C19H17N5O2/c1-13(25)15-5-2-6-17(8-15)24-18(26)16-11-22-19(23-12-16)21-10-14-4-3-7-20-9-14/h2-9,11-12H,10H2,1H3,(H,24,26)(H,21,22,23). The molecular formula is C19H17N5O2. The van der Waals surface area contributed by atoms with Gasteiger partial charge < -0.3 is 10.6 Å². The molecule has 0 atom stereocenters. The maximum absolute atomic E-state index is 12.3. The van der Waals surface area contributed by atoms with Crippen LogP contribution in [0, 0.1) is 0 Å². The molecule has 7 heteroatoms. The molecule has 2 N–H and O–H groups in total. The van der Waals surface area contributed by atoms with Crippen molar-refractivity contribution in [1.82, 2.24) is 15.0 Å². The first-order valence-electron chi connectivity index (χ1n) is 7.99. The van der Waals surface area contributed by atoms with Gasteiger partial charge in [0.15, 0.2) is 5.78 Å². The lowest BCUT2D eigenvalue weighted by Crippen LogP contribution is -2.14. The molecule has 0 saturated carbocycles. The van der Waals surface area contributed by atoms with Crippen LogP contribution in [0.4, 0.5) is 11.6 Å². The Morgan fingerprint density at radius 2 is 1.81 bits per heavy atom. The highest BCUT2D eigenvalue weighted by Crippen LogP contribution is 2.13. The number of nitrogens with one attached hydrogen (secondary N) is 2. The van der Waals surface area contributed by atoms with Crippen molar-refractivity contribution in [3.05, 3.63) is 77.9 Å². The minimum atomic E-state index is -0.343. The molecule has 0 saturated heterocycles. The van der Waals surface area contributed by atoms with E-state index in [1.807, 2.05) is 12.1 Å². The quantitative estimate of drug-likeness (QED) is 0.666. The van der Waals surface area contributed by atoms with Gasteiger partial charge in [0.05, 0.1) is 5.56 Å². The smallest absolute Gasteiger partial charge is 0.258 e. The molecule has 0 fully saturated rings. The van der Waals surface area contributed by atoms with Gasteiger partial charge in [0, 0.05) is 42.6 Å². The normalized spacial score (nSPS) is 10.2. The largest absolute Gasteiger partial charge is 0.350 e. The summed E-state index contributed by atoms with van der Waals surface area (Å²) in [6, 6.07) is 10.6. The molecule has 0 aliphatic carbocycles. The molecule has 1 amide bonds. The second-order valence-corrected chi connectivity index (χ2v) is 5.60. The highest BCUT2D eigenvalue weighted by molar-refractivity contribution is 6.04. The highest BCUT2D eigenvalue weighted by Gasteiger charge is 2.09. The fraction of sp³-hybridized carbons (Fsp3) is 0.105. The van der Waals surface area contributed by atoms with E-state index in [9.17, 15) is 9.59 Å². The van der Waals surface area contributed by atoms with Gasteiger partial charge in [-0.1, -0.05) is 18.2 Å². The summed E-state index contributed by atoms with van der Waals surface area (Å²) in [5.41, 5.74) is 2.41. The van der Waals surface area contributed by atoms with E-state index in [0.717, 1.165) is 5.56 Å². The molecular weight excluding hydrogens is 330 g/mol. The highest BCUT2D eigenvalue weighted by atomic mass is 16.1. The van der Waals surface area contributed by atoms with Gasteiger partial charge in [0.1, 0.15) is 0 Å². The molecule has 0 bridgehead atoms. The maximum atomic E-state index is 12.3. The molecule has 0 unspecified atom stereocenters. The third-order valence-electron chi connectivity index (χ3n) is 3.61. The first kappa shape index (κ1) is 17.2. The lowest BCUT2D eigenvalue weighted by molar-refractivity contribution is 0.101. The molecule has 0 spiro atoms. The van der Waals surface area contributed by atoms with Crippen molar-refractivity contribution >= 4 is 23.3 Å². The number of pyridine rings is 1. The van der Waals surface area contributed by atoms with Gasteiger partial charge in [0.2, 0.25) is 5.95 Å². The van der Waals surface area contributed by atoms with Crippen molar-refractivity contribution in [1.29, 1.82) is 0 Å². The van der Waals surface area contributed by atoms with Crippen LogP contribution in [-0.4, -0.2) is 26.6 Å². The summed E-state index contributed by atoms with van der Waals surface area (Å²) in [7, 11) is 0. The number of nitrogens with zero attached hydrogens (tertiary/aromatic N) is 3. The molecule has 7 nitrogen and oxygen atoms in total. The minimum Gasteiger partial charge on any atom is -0.350 e. The molecule has 0 aliphatic rings. The van der Waals surface area contributed by atoms with E-state index in [1.165, 1.54) is 19.3 Å². The number of carbonyl (C=O) groups is 2. The van der Waals surface area contributed by atoms with Crippen LogP contribution in [0.5, 0.6) is 0 Å². The summed E-state index contributed by atoms with van der Waals surface area (Å²) >= 11 is 0. The lowest BCUT2D eigenvalue weighted by Gasteiger charge is -2.07. The molecule has 130 valence electrons. The Morgan fingerprint density at radius 3 is 2.50 bits per heavy atom. The summed E-state index contributed by atoms with van der Waals surface area (Å²) in [5, 5.41) is 5.80. The Bertz CT molecular complexity index is 911. The summed E-state index contributed by atoms with van der Waals surface area (Å²) in [4.78, 5) is 36.0. The zero-order chi connectivity index (χ0) is 18.4. The summed E-state index contributed by atoms with van der Waals surface area (Å²) in [5.74, 6) is 0.0157. The summed E-state index contributed by atoms with van der Waals surface area (Å²) < 4.78 is 0. The topological polar surface area (TPSA) is 96.9 Å². The molecule has 0 aliphatic heterocycles. The number of carbonyl (C=O) groups excluding carboxylic acids is 2. The van der Waals surface area contributed by atoms with Crippen molar-refractivity contribution in [3.8, 4) is 0 Å². The van der Waals surface area contributed by atoms with E-state index >= 15 is 0 Å². The molecule has 2 aromatic heterocycles. The van der Waals surface area contributed by atoms with Crippen LogP contribution in [0.15, 0.2) is 61.2 Å². The van der Waals surface area contributed by atoms with Crippen molar-refractivity contribution in [2.75, 3.05) is 10.6 Å². The zero-order valence-corrected chi connectivity index (χ0v) is 14.1. The monoisotopic (exact) mass is 347 g/mol. The predicted molar refractivity (Wildman–Crippen MR) is 98.0 cm³/mol.